The molecule has 4 nitrogen and oxygen atoms in total. The van der Waals surface area contributed by atoms with Gasteiger partial charge < -0.3 is 9.64 Å². The molecule has 2 heterocycles. The van der Waals surface area contributed by atoms with Crippen molar-refractivity contribution in [2.24, 2.45) is 0 Å². The van der Waals surface area contributed by atoms with E-state index in [2.05, 4.69) is 18.2 Å². The van der Waals surface area contributed by atoms with Crippen LogP contribution < -0.4 is 0 Å². The molecule has 0 saturated carbocycles. The van der Waals surface area contributed by atoms with Gasteiger partial charge in [0, 0.05) is 30.7 Å². The van der Waals surface area contributed by atoms with E-state index in [1.165, 1.54) is 5.56 Å². The molecule has 0 bridgehead atoms. The number of nitriles is 1. The Balaban J connectivity index is 1.65. The lowest BCUT2D eigenvalue weighted by Crippen LogP contribution is -2.44. The van der Waals surface area contributed by atoms with Crippen LogP contribution in [0.15, 0.2) is 48.5 Å². The van der Waals surface area contributed by atoms with Gasteiger partial charge in [0.1, 0.15) is 0 Å². The first-order valence-corrected chi connectivity index (χ1v) is 8.24. The van der Waals surface area contributed by atoms with E-state index in [0.29, 0.717) is 30.9 Å². The zero-order valence-electron chi connectivity index (χ0n) is 13.3. The molecule has 2 aliphatic heterocycles. The van der Waals surface area contributed by atoms with Crippen LogP contribution in [0.3, 0.4) is 0 Å². The number of hydrogen-bond donors (Lipinski definition) is 0. The van der Waals surface area contributed by atoms with E-state index < -0.39 is 0 Å². The van der Waals surface area contributed by atoms with Gasteiger partial charge in [-0.2, -0.15) is 5.26 Å². The van der Waals surface area contributed by atoms with Crippen molar-refractivity contribution in [2.75, 3.05) is 13.2 Å². The molecule has 4 heteroatoms. The average Bonchev–Trinajstić information content (AvgIpc) is 2.98. The fraction of sp³-hybridized carbons (Fsp3) is 0.300. The van der Waals surface area contributed by atoms with Crippen molar-refractivity contribution in [3.8, 4) is 6.07 Å². The monoisotopic (exact) mass is 318 g/mol. The number of carbonyl (C=O) groups excluding carboxylic acids is 1. The van der Waals surface area contributed by atoms with Crippen molar-refractivity contribution in [3.05, 3.63) is 70.8 Å². The topological polar surface area (TPSA) is 53.3 Å². The number of benzene rings is 2. The first-order valence-electron chi connectivity index (χ1n) is 8.24. The highest BCUT2D eigenvalue weighted by Crippen LogP contribution is 2.35. The summed E-state index contributed by atoms with van der Waals surface area (Å²) in [6, 6.07) is 17.9. The van der Waals surface area contributed by atoms with Crippen LogP contribution in [0.5, 0.6) is 0 Å². The van der Waals surface area contributed by atoms with E-state index in [1.54, 1.807) is 12.1 Å². The number of carbonyl (C=O) groups is 1. The normalized spacial score (nSPS) is 23.0. The molecule has 0 N–H and O–H groups in total. The Labute approximate surface area is 141 Å². The lowest BCUT2D eigenvalue weighted by Gasteiger charge is -2.38. The van der Waals surface area contributed by atoms with Gasteiger partial charge in [-0.1, -0.05) is 36.4 Å². The maximum atomic E-state index is 12.9. The van der Waals surface area contributed by atoms with Crippen molar-refractivity contribution >= 4 is 5.91 Å². The standard InChI is InChI=1S/C20H18N2O2/c21-11-14-6-7-16-12-22(20(23)17(16)10-14)19-8-9-24-13-18(19)15-4-2-1-3-5-15/h1-7,10,18-19H,8-9,12-13H2. The molecular formula is C20H18N2O2. The summed E-state index contributed by atoms with van der Waals surface area (Å²) >= 11 is 0. The average molecular weight is 318 g/mol. The third-order valence-corrected chi connectivity index (χ3v) is 5.02. The van der Waals surface area contributed by atoms with Crippen LogP contribution in [0.25, 0.3) is 0 Å². The number of amides is 1. The van der Waals surface area contributed by atoms with Gasteiger partial charge in [-0.3, -0.25) is 4.79 Å². The molecule has 1 saturated heterocycles. The van der Waals surface area contributed by atoms with Gasteiger partial charge in [0.15, 0.2) is 0 Å². The fourth-order valence-corrected chi connectivity index (χ4v) is 3.78. The van der Waals surface area contributed by atoms with Crippen LogP contribution >= 0.6 is 0 Å². The third-order valence-electron chi connectivity index (χ3n) is 5.02. The third kappa shape index (κ3) is 2.47. The molecular weight excluding hydrogens is 300 g/mol. The van der Waals surface area contributed by atoms with Gasteiger partial charge in [-0.15, -0.1) is 0 Å². The van der Waals surface area contributed by atoms with Gasteiger partial charge in [0.2, 0.25) is 0 Å². The first kappa shape index (κ1) is 14.9. The van der Waals surface area contributed by atoms with E-state index in [1.807, 2.05) is 29.2 Å². The molecule has 0 aromatic heterocycles. The Morgan fingerprint density at radius 3 is 2.79 bits per heavy atom. The first-order chi connectivity index (χ1) is 11.8. The number of fused-ring (bicyclic) bond motifs is 1. The van der Waals surface area contributed by atoms with Crippen LogP contribution in [0.4, 0.5) is 0 Å². The lowest BCUT2D eigenvalue weighted by molar-refractivity contribution is 0.0161. The smallest absolute Gasteiger partial charge is 0.254 e. The maximum absolute atomic E-state index is 12.9. The molecule has 2 unspecified atom stereocenters. The minimum Gasteiger partial charge on any atom is -0.381 e. The van der Waals surface area contributed by atoms with Crippen LogP contribution in [0.2, 0.25) is 0 Å². The van der Waals surface area contributed by atoms with E-state index >= 15 is 0 Å². The molecule has 4 rings (SSSR count). The van der Waals surface area contributed by atoms with Crippen molar-refractivity contribution < 1.29 is 9.53 Å². The van der Waals surface area contributed by atoms with Gasteiger partial charge >= 0.3 is 0 Å². The summed E-state index contributed by atoms with van der Waals surface area (Å²) in [5.74, 6) is 0.226. The van der Waals surface area contributed by atoms with Gasteiger partial charge in [-0.05, 0) is 29.7 Å². The fourth-order valence-electron chi connectivity index (χ4n) is 3.78. The minimum atomic E-state index is 0.0370. The second kappa shape index (κ2) is 6.10. The number of ether oxygens (including phenoxy) is 1. The molecule has 0 radical (unpaired) electrons. The minimum absolute atomic E-state index is 0.0370. The Morgan fingerprint density at radius 2 is 2.00 bits per heavy atom. The Kier molecular flexibility index (Phi) is 3.79. The largest absolute Gasteiger partial charge is 0.381 e. The molecule has 0 spiro atoms. The predicted octanol–water partition coefficient (Wildman–Crippen LogP) is 3.09. The SMILES string of the molecule is N#Cc1ccc2c(c1)C(=O)N(C1CCOCC1c1ccccc1)C2. The molecule has 1 fully saturated rings. The van der Waals surface area contributed by atoms with Crippen LogP contribution in [-0.2, 0) is 11.3 Å². The van der Waals surface area contributed by atoms with Gasteiger partial charge in [0.05, 0.1) is 18.2 Å². The Bertz CT molecular complexity index is 810. The lowest BCUT2D eigenvalue weighted by atomic mass is 9.87. The number of nitrogens with zero attached hydrogens (tertiary/aromatic N) is 2. The quantitative estimate of drug-likeness (QED) is 0.855. The molecule has 24 heavy (non-hydrogen) atoms. The second-order valence-electron chi connectivity index (χ2n) is 6.36. The molecule has 2 aliphatic rings. The molecule has 120 valence electrons. The molecule has 2 aromatic rings. The molecule has 2 atom stereocenters. The highest BCUT2D eigenvalue weighted by molar-refractivity contribution is 5.99. The Morgan fingerprint density at radius 1 is 1.17 bits per heavy atom. The van der Waals surface area contributed by atoms with Crippen LogP contribution in [0.1, 0.15) is 39.4 Å². The van der Waals surface area contributed by atoms with Gasteiger partial charge in [-0.25, -0.2) is 0 Å². The molecule has 1 amide bonds. The zero-order valence-corrected chi connectivity index (χ0v) is 13.3. The van der Waals surface area contributed by atoms with Crippen molar-refractivity contribution in [1.29, 1.82) is 5.26 Å². The van der Waals surface area contributed by atoms with Gasteiger partial charge in [0.25, 0.3) is 5.91 Å². The number of hydrogen-bond acceptors (Lipinski definition) is 3. The molecule has 2 aromatic carbocycles. The predicted molar refractivity (Wildman–Crippen MR) is 89.4 cm³/mol. The van der Waals surface area contributed by atoms with Crippen LogP contribution in [0, 0.1) is 11.3 Å². The van der Waals surface area contributed by atoms with Crippen molar-refractivity contribution in [1.82, 2.24) is 4.90 Å². The summed E-state index contributed by atoms with van der Waals surface area (Å²) in [5.41, 5.74) is 3.43. The second-order valence-corrected chi connectivity index (χ2v) is 6.36. The van der Waals surface area contributed by atoms with E-state index in [0.717, 1.165) is 12.0 Å². The zero-order chi connectivity index (χ0) is 16.5. The summed E-state index contributed by atoms with van der Waals surface area (Å²) in [7, 11) is 0. The van der Waals surface area contributed by atoms with Crippen molar-refractivity contribution in [2.45, 2.75) is 24.9 Å². The highest BCUT2D eigenvalue weighted by Gasteiger charge is 2.38. The molecule has 0 aliphatic carbocycles. The highest BCUT2D eigenvalue weighted by atomic mass is 16.5. The van der Waals surface area contributed by atoms with E-state index in [4.69, 9.17) is 10.00 Å². The Hall–Kier alpha value is -2.64. The summed E-state index contributed by atoms with van der Waals surface area (Å²) in [6.45, 7) is 1.93. The van der Waals surface area contributed by atoms with E-state index in [9.17, 15) is 4.79 Å². The summed E-state index contributed by atoms with van der Waals surface area (Å²) in [5, 5.41) is 9.07. The number of rotatable bonds is 2. The van der Waals surface area contributed by atoms with Crippen molar-refractivity contribution in [3.63, 3.8) is 0 Å². The van der Waals surface area contributed by atoms with E-state index in [-0.39, 0.29) is 17.9 Å². The maximum Gasteiger partial charge on any atom is 0.254 e. The summed E-state index contributed by atoms with van der Waals surface area (Å²) < 4.78 is 5.69. The summed E-state index contributed by atoms with van der Waals surface area (Å²) in [6.07, 6.45) is 0.838. The van der Waals surface area contributed by atoms with Crippen LogP contribution in [-0.4, -0.2) is 30.1 Å². The summed E-state index contributed by atoms with van der Waals surface area (Å²) in [4.78, 5) is 14.9.